The fourth-order valence-electron chi connectivity index (χ4n) is 4.58. The first-order valence-corrected chi connectivity index (χ1v) is 12.7. The summed E-state index contributed by atoms with van der Waals surface area (Å²) in [6.45, 7) is 5.79. The summed E-state index contributed by atoms with van der Waals surface area (Å²) in [4.78, 5) is 59.4. The van der Waals surface area contributed by atoms with Crippen molar-refractivity contribution in [2.75, 3.05) is 6.61 Å². The van der Waals surface area contributed by atoms with Gasteiger partial charge in [-0.25, -0.2) is 4.68 Å². The summed E-state index contributed by atoms with van der Waals surface area (Å²) in [6.07, 6.45) is -4.71. The number of aromatic nitrogens is 3. The highest BCUT2D eigenvalue weighted by Gasteiger charge is 2.53. The van der Waals surface area contributed by atoms with E-state index in [0.29, 0.717) is 16.8 Å². The summed E-state index contributed by atoms with van der Waals surface area (Å²) in [5.74, 6) is -2.84. The van der Waals surface area contributed by atoms with Gasteiger partial charge in [0.2, 0.25) is 0 Å². The average molecular weight is 568 g/mol. The van der Waals surface area contributed by atoms with Gasteiger partial charge in [0.1, 0.15) is 18.4 Å². The van der Waals surface area contributed by atoms with Crippen molar-refractivity contribution in [2.45, 2.75) is 65.3 Å². The van der Waals surface area contributed by atoms with Crippen LogP contribution in [0.15, 0.2) is 42.6 Å². The third-order valence-corrected chi connectivity index (χ3v) is 6.28. The van der Waals surface area contributed by atoms with Crippen LogP contribution >= 0.6 is 0 Å². The van der Waals surface area contributed by atoms with E-state index in [1.165, 1.54) is 18.5 Å². The van der Waals surface area contributed by atoms with Crippen molar-refractivity contribution < 1.29 is 47.7 Å². The van der Waals surface area contributed by atoms with Gasteiger partial charge in [0.05, 0.1) is 6.20 Å². The maximum Gasteiger partial charge on any atom is 0.303 e. The number of carbonyl (C=O) groups is 5. The molecule has 1 saturated heterocycles. The molecule has 216 valence electrons. The van der Waals surface area contributed by atoms with Crippen LogP contribution in [0.4, 0.5) is 0 Å². The number of carbonyl (C=O) groups excluding carboxylic acids is 5. The Labute approximate surface area is 234 Å². The molecule has 1 fully saturated rings. The largest absolute Gasteiger partial charge is 0.463 e. The minimum absolute atomic E-state index is 0.0382. The Morgan fingerprint density at radius 2 is 1.39 bits per heavy atom. The standard InChI is InChI=1S/C28H29N3O10/c1-14(32)19-6-7-21-11-22(9-8-20(21)10-19)23-12-31(30-29-23)28-27(40-18(5)36)26(39-17(4)35)25(38-16(3)34)24(41-28)13-37-15(2)33/h6-12,24-28H,13H2,1-5H3/t24-,25-,26+,27-,28?/m1/s1. The predicted octanol–water partition coefficient (Wildman–Crippen LogP) is 2.56. The molecule has 41 heavy (non-hydrogen) atoms. The molecule has 2 aromatic carbocycles. The van der Waals surface area contributed by atoms with Crippen LogP contribution < -0.4 is 0 Å². The Hall–Kier alpha value is -4.65. The summed E-state index contributed by atoms with van der Waals surface area (Å²) >= 11 is 0. The lowest BCUT2D eigenvalue weighted by Gasteiger charge is -2.44. The molecule has 1 aliphatic heterocycles. The number of ketones is 1. The van der Waals surface area contributed by atoms with Crippen molar-refractivity contribution in [2.24, 2.45) is 0 Å². The Morgan fingerprint density at radius 1 is 0.780 bits per heavy atom. The fourth-order valence-corrected chi connectivity index (χ4v) is 4.58. The van der Waals surface area contributed by atoms with Gasteiger partial charge >= 0.3 is 23.9 Å². The quantitative estimate of drug-likeness (QED) is 0.222. The Bertz CT molecular complexity index is 1500. The van der Waals surface area contributed by atoms with Crippen molar-refractivity contribution in [3.05, 3.63) is 48.2 Å². The van der Waals surface area contributed by atoms with Crippen molar-refractivity contribution in [1.82, 2.24) is 15.0 Å². The first-order valence-electron chi connectivity index (χ1n) is 12.7. The summed E-state index contributed by atoms with van der Waals surface area (Å²) in [7, 11) is 0. The lowest BCUT2D eigenvalue weighted by atomic mass is 9.97. The number of Topliss-reactive ketones (excluding diaryl/α,β-unsaturated/α-hetero) is 1. The van der Waals surface area contributed by atoms with Gasteiger partial charge in [-0.1, -0.05) is 29.5 Å². The molecule has 0 amide bonds. The molecule has 0 bridgehead atoms. The molecule has 0 spiro atoms. The first kappa shape index (κ1) is 29.3. The SMILES string of the molecule is CC(=O)OC[C@H]1OC(n2cc(-c3ccc4cc(C(C)=O)ccc4c3)nn2)[C@H](OC(C)=O)[C@@H](OC(C)=O)[C@@H]1OC(C)=O. The van der Waals surface area contributed by atoms with E-state index >= 15 is 0 Å². The van der Waals surface area contributed by atoms with Gasteiger partial charge in [-0.3, -0.25) is 24.0 Å². The number of ether oxygens (including phenoxy) is 5. The molecule has 2 heterocycles. The minimum atomic E-state index is -1.33. The summed E-state index contributed by atoms with van der Waals surface area (Å²) in [5, 5.41) is 10.1. The summed E-state index contributed by atoms with van der Waals surface area (Å²) < 4.78 is 28.9. The molecule has 1 unspecified atom stereocenters. The monoisotopic (exact) mass is 567 g/mol. The number of hydrogen-bond donors (Lipinski definition) is 0. The molecule has 13 nitrogen and oxygen atoms in total. The van der Waals surface area contributed by atoms with E-state index in [9.17, 15) is 24.0 Å². The van der Waals surface area contributed by atoms with Gasteiger partial charge in [-0.2, -0.15) is 0 Å². The number of hydrogen-bond acceptors (Lipinski definition) is 12. The Balaban J connectivity index is 1.73. The molecule has 0 N–H and O–H groups in total. The van der Waals surface area contributed by atoms with E-state index in [1.54, 1.807) is 18.3 Å². The van der Waals surface area contributed by atoms with Crippen LogP contribution in [0, 0.1) is 0 Å². The molecule has 0 saturated carbocycles. The van der Waals surface area contributed by atoms with E-state index < -0.39 is 54.5 Å². The van der Waals surface area contributed by atoms with Gasteiger partial charge < -0.3 is 23.7 Å². The van der Waals surface area contributed by atoms with E-state index in [2.05, 4.69) is 10.3 Å². The lowest BCUT2D eigenvalue weighted by molar-refractivity contribution is -0.270. The Morgan fingerprint density at radius 3 is 2.02 bits per heavy atom. The van der Waals surface area contributed by atoms with Crippen molar-refractivity contribution >= 4 is 40.4 Å². The summed E-state index contributed by atoms with van der Waals surface area (Å²) in [5.41, 5.74) is 1.74. The maximum absolute atomic E-state index is 12.1. The summed E-state index contributed by atoms with van der Waals surface area (Å²) in [6, 6.07) is 10.9. The van der Waals surface area contributed by atoms with Crippen LogP contribution in [0.1, 0.15) is 51.2 Å². The fraction of sp³-hybridized carbons (Fsp3) is 0.393. The molecular formula is C28H29N3O10. The smallest absolute Gasteiger partial charge is 0.303 e. The predicted molar refractivity (Wildman–Crippen MR) is 140 cm³/mol. The van der Waals surface area contributed by atoms with Crippen molar-refractivity contribution in [1.29, 1.82) is 0 Å². The second-order valence-electron chi connectivity index (χ2n) is 9.51. The topological polar surface area (TPSA) is 162 Å². The zero-order valence-electron chi connectivity index (χ0n) is 23.1. The highest BCUT2D eigenvalue weighted by atomic mass is 16.7. The number of esters is 4. The first-order chi connectivity index (χ1) is 19.4. The second-order valence-corrected chi connectivity index (χ2v) is 9.51. The number of benzene rings is 2. The minimum Gasteiger partial charge on any atom is -0.463 e. The highest BCUT2D eigenvalue weighted by molar-refractivity contribution is 5.99. The molecule has 1 aromatic heterocycles. The van der Waals surface area contributed by atoms with Crippen LogP contribution in [-0.4, -0.2) is 75.7 Å². The maximum atomic E-state index is 12.1. The van der Waals surface area contributed by atoms with Crippen molar-refractivity contribution in [3.63, 3.8) is 0 Å². The van der Waals surface area contributed by atoms with Crippen LogP contribution in [0.25, 0.3) is 22.0 Å². The van der Waals surface area contributed by atoms with Crippen LogP contribution in [0.2, 0.25) is 0 Å². The zero-order chi connectivity index (χ0) is 29.8. The molecule has 0 aliphatic carbocycles. The van der Waals surface area contributed by atoms with E-state index in [4.69, 9.17) is 23.7 Å². The molecule has 0 radical (unpaired) electrons. The zero-order valence-corrected chi connectivity index (χ0v) is 23.1. The molecular weight excluding hydrogens is 538 g/mol. The third kappa shape index (κ3) is 6.92. The number of nitrogens with zero attached hydrogens (tertiary/aromatic N) is 3. The van der Waals surface area contributed by atoms with Crippen LogP contribution in [-0.2, 0) is 42.9 Å². The number of rotatable bonds is 8. The lowest BCUT2D eigenvalue weighted by Crippen LogP contribution is -2.60. The molecule has 13 heteroatoms. The normalized spacial score (nSPS) is 22.0. The number of fused-ring (bicyclic) bond motifs is 1. The van der Waals surface area contributed by atoms with Gasteiger partial charge in [0.15, 0.2) is 30.3 Å². The second kappa shape index (κ2) is 12.3. The van der Waals surface area contributed by atoms with E-state index in [0.717, 1.165) is 31.5 Å². The van der Waals surface area contributed by atoms with E-state index in [-0.39, 0.29) is 12.4 Å². The van der Waals surface area contributed by atoms with Gasteiger partial charge in [-0.05, 0) is 29.8 Å². The Kier molecular flexibility index (Phi) is 8.77. The van der Waals surface area contributed by atoms with Crippen LogP contribution in [0.3, 0.4) is 0 Å². The third-order valence-electron chi connectivity index (χ3n) is 6.28. The van der Waals surface area contributed by atoms with Crippen molar-refractivity contribution in [3.8, 4) is 11.3 Å². The van der Waals surface area contributed by atoms with Gasteiger partial charge in [0, 0.05) is 38.8 Å². The molecule has 1 aliphatic rings. The van der Waals surface area contributed by atoms with Crippen LogP contribution in [0.5, 0.6) is 0 Å². The molecule has 3 aromatic rings. The van der Waals surface area contributed by atoms with E-state index in [1.807, 2.05) is 24.3 Å². The molecule has 5 atom stereocenters. The van der Waals surface area contributed by atoms with Gasteiger partial charge in [-0.15, -0.1) is 5.10 Å². The highest BCUT2D eigenvalue weighted by Crippen LogP contribution is 2.35. The average Bonchev–Trinajstić information content (AvgIpc) is 3.38. The molecule has 4 rings (SSSR count). The van der Waals surface area contributed by atoms with Gasteiger partial charge in [0.25, 0.3) is 0 Å².